The highest BCUT2D eigenvalue weighted by Gasteiger charge is 2.11. The standard InChI is InChI=1S/C10H9N7O.ClH/c11-15-8-7(12-6-4-2-1-3-5-6)13-9-10(14-8)17-18-16-9;/h1-5H,11H2,(H,12,13,16)(H,14,15,17);1H. The van der Waals surface area contributed by atoms with E-state index in [0.29, 0.717) is 22.9 Å². The van der Waals surface area contributed by atoms with Crippen LogP contribution in [0.5, 0.6) is 0 Å². The van der Waals surface area contributed by atoms with Crippen LogP contribution in [-0.4, -0.2) is 20.3 Å². The van der Waals surface area contributed by atoms with Crippen LogP contribution < -0.4 is 16.6 Å². The van der Waals surface area contributed by atoms with Crippen molar-refractivity contribution in [3.8, 4) is 0 Å². The Labute approximate surface area is 113 Å². The third-order valence-electron chi connectivity index (χ3n) is 2.29. The Hall–Kier alpha value is -2.45. The quantitative estimate of drug-likeness (QED) is 0.487. The minimum Gasteiger partial charge on any atom is -0.337 e. The molecule has 0 radical (unpaired) electrons. The molecule has 4 N–H and O–H groups in total. The van der Waals surface area contributed by atoms with Crippen molar-refractivity contribution in [3.05, 3.63) is 30.3 Å². The van der Waals surface area contributed by atoms with Gasteiger partial charge in [-0.25, -0.2) is 15.5 Å². The van der Waals surface area contributed by atoms with Crippen molar-refractivity contribution >= 4 is 41.0 Å². The molecule has 0 atom stereocenters. The van der Waals surface area contributed by atoms with E-state index < -0.39 is 0 Å². The van der Waals surface area contributed by atoms with Crippen LogP contribution in [0.3, 0.4) is 0 Å². The molecule has 0 aliphatic rings. The highest BCUT2D eigenvalue weighted by Crippen LogP contribution is 2.22. The van der Waals surface area contributed by atoms with Crippen LogP contribution in [0.15, 0.2) is 35.0 Å². The number of nitrogens with one attached hydrogen (secondary N) is 2. The molecule has 0 aliphatic heterocycles. The number of rotatable bonds is 3. The average molecular weight is 280 g/mol. The fraction of sp³-hybridized carbons (Fsp3) is 0. The van der Waals surface area contributed by atoms with Gasteiger partial charge in [0.25, 0.3) is 0 Å². The van der Waals surface area contributed by atoms with Gasteiger partial charge in [0.2, 0.25) is 11.3 Å². The van der Waals surface area contributed by atoms with Crippen LogP contribution in [0.25, 0.3) is 11.3 Å². The number of fused-ring (bicyclic) bond motifs is 1. The fourth-order valence-electron chi connectivity index (χ4n) is 1.48. The second-order valence-corrected chi connectivity index (χ2v) is 3.47. The highest BCUT2D eigenvalue weighted by atomic mass is 35.5. The van der Waals surface area contributed by atoms with Crippen LogP contribution in [0, 0.1) is 0 Å². The number of anilines is 3. The van der Waals surface area contributed by atoms with Gasteiger partial charge < -0.3 is 10.7 Å². The largest absolute Gasteiger partial charge is 0.337 e. The molecule has 0 spiro atoms. The summed E-state index contributed by atoms with van der Waals surface area (Å²) in [5.41, 5.74) is 3.92. The van der Waals surface area contributed by atoms with Crippen LogP contribution in [-0.2, 0) is 0 Å². The first-order valence-electron chi connectivity index (χ1n) is 5.16. The van der Waals surface area contributed by atoms with E-state index in [1.807, 2.05) is 30.3 Å². The number of nitrogens with zero attached hydrogens (tertiary/aromatic N) is 4. The van der Waals surface area contributed by atoms with Crippen LogP contribution in [0.4, 0.5) is 17.3 Å². The van der Waals surface area contributed by atoms with Crippen molar-refractivity contribution in [1.82, 2.24) is 20.3 Å². The van der Waals surface area contributed by atoms with E-state index in [2.05, 4.69) is 35.7 Å². The van der Waals surface area contributed by atoms with Gasteiger partial charge in [0, 0.05) is 5.69 Å². The fourth-order valence-corrected chi connectivity index (χ4v) is 1.48. The van der Waals surface area contributed by atoms with E-state index in [4.69, 9.17) is 5.84 Å². The highest BCUT2D eigenvalue weighted by molar-refractivity contribution is 5.85. The van der Waals surface area contributed by atoms with Crippen molar-refractivity contribution in [1.29, 1.82) is 0 Å². The Balaban J connectivity index is 0.00000133. The molecule has 0 bridgehead atoms. The molecular formula is C10H10ClN7O. The summed E-state index contributed by atoms with van der Waals surface area (Å²) in [4.78, 5) is 8.34. The molecule has 1 aromatic carbocycles. The molecule has 3 rings (SSSR count). The minimum absolute atomic E-state index is 0. The van der Waals surface area contributed by atoms with E-state index in [1.165, 1.54) is 0 Å². The SMILES string of the molecule is Cl.NNc1nc2nonc2nc1Nc1ccccc1. The maximum absolute atomic E-state index is 5.39. The van der Waals surface area contributed by atoms with Gasteiger partial charge in [-0.3, -0.25) is 0 Å². The lowest BCUT2D eigenvalue weighted by molar-refractivity contribution is 0.314. The van der Waals surface area contributed by atoms with E-state index in [0.717, 1.165) is 5.69 Å². The Kier molecular flexibility index (Phi) is 3.74. The van der Waals surface area contributed by atoms with Gasteiger partial charge in [0.15, 0.2) is 11.6 Å². The number of hydrogen-bond donors (Lipinski definition) is 3. The average Bonchev–Trinajstić information content (AvgIpc) is 2.86. The summed E-state index contributed by atoms with van der Waals surface area (Å²) in [5, 5.41) is 10.3. The van der Waals surface area contributed by atoms with Gasteiger partial charge in [-0.15, -0.1) is 12.4 Å². The molecule has 2 aromatic heterocycles. The number of hydrazine groups is 1. The van der Waals surface area contributed by atoms with Gasteiger partial charge in [0.1, 0.15) is 0 Å². The van der Waals surface area contributed by atoms with Crippen LogP contribution in [0.1, 0.15) is 0 Å². The third kappa shape index (κ3) is 2.54. The molecular weight excluding hydrogens is 270 g/mol. The summed E-state index contributed by atoms with van der Waals surface area (Å²) in [7, 11) is 0. The molecule has 0 saturated heterocycles. The Morgan fingerprint density at radius 2 is 1.58 bits per heavy atom. The molecule has 0 fully saturated rings. The van der Waals surface area contributed by atoms with Crippen molar-refractivity contribution in [3.63, 3.8) is 0 Å². The second kappa shape index (κ2) is 5.46. The van der Waals surface area contributed by atoms with Gasteiger partial charge in [-0.05, 0) is 22.4 Å². The monoisotopic (exact) mass is 279 g/mol. The van der Waals surface area contributed by atoms with Crippen molar-refractivity contribution in [2.45, 2.75) is 0 Å². The van der Waals surface area contributed by atoms with Gasteiger partial charge in [-0.2, -0.15) is 4.98 Å². The summed E-state index contributed by atoms with van der Waals surface area (Å²) in [6.07, 6.45) is 0. The van der Waals surface area contributed by atoms with E-state index in [9.17, 15) is 0 Å². The summed E-state index contributed by atoms with van der Waals surface area (Å²) >= 11 is 0. The third-order valence-corrected chi connectivity index (χ3v) is 2.29. The maximum Gasteiger partial charge on any atom is 0.245 e. The number of aromatic nitrogens is 4. The first-order valence-corrected chi connectivity index (χ1v) is 5.16. The van der Waals surface area contributed by atoms with Gasteiger partial charge >= 0.3 is 0 Å². The Morgan fingerprint density at radius 1 is 0.947 bits per heavy atom. The zero-order valence-electron chi connectivity index (χ0n) is 9.57. The van der Waals surface area contributed by atoms with Gasteiger partial charge in [0.05, 0.1) is 0 Å². The van der Waals surface area contributed by atoms with Crippen molar-refractivity contribution < 1.29 is 4.63 Å². The predicted octanol–water partition coefficient (Wildman–Crippen LogP) is 1.46. The Morgan fingerprint density at radius 3 is 2.21 bits per heavy atom. The summed E-state index contributed by atoms with van der Waals surface area (Å²) in [6.45, 7) is 0. The molecule has 0 amide bonds. The zero-order valence-corrected chi connectivity index (χ0v) is 10.4. The lowest BCUT2D eigenvalue weighted by atomic mass is 10.3. The first kappa shape index (κ1) is 13.0. The molecule has 2 heterocycles. The normalized spacial score (nSPS) is 9.95. The lowest BCUT2D eigenvalue weighted by Gasteiger charge is -2.08. The minimum atomic E-state index is 0. The number of nitrogen functional groups attached to an aromatic ring is 1. The van der Waals surface area contributed by atoms with Crippen molar-refractivity contribution in [2.75, 3.05) is 10.7 Å². The zero-order chi connectivity index (χ0) is 12.4. The molecule has 3 aromatic rings. The van der Waals surface area contributed by atoms with Crippen molar-refractivity contribution in [2.24, 2.45) is 5.84 Å². The lowest BCUT2D eigenvalue weighted by Crippen LogP contribution is -2.12. The summed E-state index contributed by atoms with van der Waals surface area (Å²) < 4.78 is 4.55. The van der Waals surface area contributed by atoms with E-state index >= 15 is 0 Å². The van der Waals surface area contributed by atoms with E-state index in [1.54, 1.807) is 0 Å². The second-order valence-electron chi connectivity index (χ2n) is 3.47. The Bertz CT molecular complexity index is 672. The van der Waals surface area contributed by atoms with Gasteiger partial charge in [-0.1, -0.05) is 18.2 Å². The molecule has 0 unspecified atom stereocenters. The number of para-hydroxylation sites is 1. The maximum atomic E-state index is 5.39. The number of hydrogen-bond acceptors (Lipinski definition) is 8. The summed E-state index contributed by atoms with van der Waals surface area (Å²) in [6, 6.07) is 9.52. The van der Waals surface area contributed by atoms with Crippen LogP contribution in [0.2, 0.25) is 0 Å². The molecule has 0 saturated carbocycles. The molecule has 0 aliphatic carbocycles. The smallest absolute Gasteiger partial charge is 0.245 e. The molecule has 98 valence electrons. The van der Waals surface area contributed by atoms with Crippen LogP contribution >= 0.6 is 12.4 Å². The predicted molar refractivity (Wildman–Crippen MR) is 72.2 cm³/mol. The summed E-state index contributed by atoms with van der Waals surface area (Å²) in [5.74, 6) is 6.21. The number of benzene rings is 1. The molecule has 19 heavy (non-hydrogen) atoms. The topological polar surface area (TPSA) is 115 Å². The number of halogens is 1. The number of nitrogens with two attached hydrogens (primary N) is 1. The first-order chi connectivity index (χ1) is 8.86. The molecule has 9 heteroatoms. The van der Waals surface area contributed by atoms with E-state index in [-0.39, 0.29) is 12.4 Å². The molecule has 8 nitrogen and oxygen atoms in total.